The van der Waals surface area contributed by atoms with E-state index < -0.39 is 0 Å². The lowest BCUT2D eigenvalue weighted by atomic mass is 10.1. The van der Waals surface area contributed by atoms with Gasteiger partial charge in [-0.15, -0.1) is 0 Å². The molecule has 0 spiro atoms. The molecule has 0 heterocycles. The third-order valence-corrected chi connectivity index (χ3v) is 3.98. The Balaban J connectivity index is 2.98. The average molecular weight is 328 g/mol. The normalized spacial score (nSPS) is 13.1. The van der Waals surface area contributed by atoms with E-state index in [2.05, 4.69) is 38.8 Å². The van der Waals surface area contributed by atoms with Crippen LogP contribution in [-0.2, 0) is 0 Å². The maximum absolute atomic E-state index is 3.73. The summed E-state index contributed by atoms with van der Waals surface area (Å²) in [5.74, 6) is 0. The van der Waals surface area contributed by atoms with Crippen LogP contribution in [0.3, 0.4) is 0 Å². The molecule has 0 aliphatic heterocycles. The molecule has 0 aromatic carbocycles. The van der Waals surface area contributed by atoms with Gasteiger partial charge in [0.25, 0.3) is 0 Å². The summed E-state index contributed by atoms with van der Waals surface area (Å²) in [6.45, 7) is 2.26. The maximum Gasteiger partial charge on any atom is 0.0145 e. The number of alkyl halides is 2. The van der Waals surface area contributed by atoms with Crippen LogP contribution in [0.4, 0.5) is 0 Å². The van der Waals surface area contributed by atoms with Gasteiger partial charge in [0, 0.05) is 10.2 Å². The minimum atomic E-state index is 0.773. The Morgan fingerprint density at radius 2 is 1.43 bits per heavy atom. The van der Waals surface area contributed by atoms with Gasteiger partial charge in [-0.25, -0.2) is 0 Å². The van der Waals surface area contributed by atoms with Crippen molar-refractivity contribution in [3.05, 3.63) is 0 Å². The second-order valence-corrected chi connectivity index (χ2v) is 6.07. The molecule has 0 aromatic heterocycles. The highest BCUT2D eigenvalue weighted by molar-refractivity contribution is 9.09. The Bertz CT molecular complexity index is 104. The van der Waals surface area contributed by atoms with Crippen molar-refractivity contribution in [2.24, 2.45) is 0 Å². The van der Waals surface area contributed by atoms with Crippen LogP contribution in [-0.4, -0.2) is 10.2 Å². The Kier molecular flexibility index (Phi) is 12.9. The van der Waals surface area contributed by atoms with Crippen molar-refractivity contribution in [3.63, 3.8) is 0 Å². The third kappa shape index (κ3) is 11.0. The van der Waals surface area contributed by atoms with Gasteiger partial charge in [-0.05, 0) is 19.3 Å². The minimum absolute atomic E-state index is 0.773. The molecular formula is C12H24Br2. The fourth-order valence-corrected chi connectivity index (χ4v) is 2.80. The topological polar surface area (TPSA) is 0 Å². The second kappa shape index (κ2) is 12.0. The van der Waals surface area contributed by atoms with Crippen molar-refractivity contribution in [2.75, 3.05) is 5.33 Å². The van der Waals surface area contributed by atoms with Crippen LogP contribution in [0.25, 0.3) is 0 Å². The monoisotopic (exact) mass is 326 g/mol. The lowest BCUT2D eigenvalue weighted by molar-refractivity contribution is 0.573. The highest BCUT2D eigenvalue weighted by Crippen LogP contribution is 2.17. The van der Waals surface area contributed by atoms with Crippen LogP contribution in [0.5, 0.6) is 0 Å². The summed E-state index contributed by atoms with van der Waals surface area (Å²) in [5, 5.41) is 1.17. The van der Waals surface area contributed by atoms with Gasteiger partial charge in [-0.1, -0.05) is 77.3 Å². The summed E-state index contributed by atoms with van der Waals surface area (Å²) in [5.41, 5.74) is 0. The van der Waals surface area contributed by atoms with Crippen LogP contribution < -0.4 is 0 Å². The predicted octanol–water partition coefficient (Wildman–Crippen LogP) is 5.68. The van der Waals surface area contributed by atoms with E-state index in [4.69, 9.17) is 0 Å². The second-order valence-electron chi connectivity index (χ2n) is 3.98. The Morgan fingerprint density at radius 1 is 0.857 bits per heavy atom. The first-order chi connectivity index (χ1) is 6.81. The molecule has 0 aliphatic rings. The summed E-state index contributed by atoms with van der Waals surface area (Å²) in [7, 11) is 0. The molecular weight excluding hydrogens is 304 g/mol. The summed E-state index contributed by atoms with van der Waals surface area (Å²) in [4.78, 5) is 0.773. The smallest absolute Gasteiger partial charge is 0.0145 e. The summed E-state index contributed by atoms with van der Waals surface area (Å²) in [6, 6.07) is 0. The molecule has 0 saturated carbocycles. The zero-order valence-electron chi connectivity index (χ0n) is 9.40. The Hall–Kier alpha value is 0.960. The molecule has 0 N–H and O–H groups in total. The molecule has 2 heteroatoms. The van der Waals surface area contributed by atoms with E-state index in [1.54, 1.807) is 0 Å². The lowest BCUT2D eigenvalue weighted by Crippen LogP contribution is -1.96. The molecule has 0 bridgehead atoms. The van der Waals surface area contributed by atoms with E-state index in [-0.39, 0.29) is 0 Å². The first kappa shape index (κ1) is 15.0. The number of rotatable bonds is 10. The zero-order chi connectivity index (χ0) is 10.6. The summed E-state index contributed by atoms with van der Waals surface area (Å²) in [6.07, 6.45) is 12.4. The molecule has 1 unspecified atom stereocenters. The number of hydrogen-bond donors (Lipinski definition) is 0. The molecule has 0 rings (SSSR count). The van der Waals surface area contributed by atoms with Crippen LogP contribution in [0.15, 0.2) is 0 Å². The van der Waals surface area contributed by atoms with Crippen molar-refractivity contribution in [1.82, 2.24) is 0 Å². The molecule has 0 aliphatic carbocycles. The standard InChI is InChI=1S/C12H24Br2/c1-2-9-12(14)10-7-5-3-4-6-8-11-13/h12H,2-11H2,1H3. The highest BCUT2D eigenvalue weighted by Gasteiger charge is 2.01. The predicted molar refractivity (Wildman–Crippen MR) is 73.7 cm³/mol. The highest BCUT2D eigenvalue weighted by atomic mass is 79.9. The summed E-state index contributed by atoms with van der Waals surface area (Å²) < 4.78 is 0. The van der Waals surface area contributed by atoms with Crippen molar-refractivity contribution < 1.29 is 0 Å². The van der Waals surface area contributed by atoms with E-state index >= 15 is 0 Å². The molecule has 0 radical (unpaired) electrons. The van der Waals surface area contributed by atoms with E-state index in [1.807, 2.05) is 0 Å². The van der Waals surface area contributed by atoms with Gasteiger partial charge in [0.1, 0.15) is 0 Å². The zero-order valence-corrected chi connectivity index (χ0v) is 12.6. The Labute approximate surface area is 106 Å². The molecule has 0 nitrogen and oxygen atoms in total. The quantitative estimate of drug-likeness (QED) is 0.358. The Morgan fingerprint density at radius 3 is 2.00 bits per heavy atom. The van der Waals surface area contributed by atoms with Crippen molar-refractivity contribution >= 4 is 31.9 Å². The largest absolute Gasteiger partial charge is 0.0928 e. The van der Waals surface area contributed by atoms with Crippen molar-refractivity contribution in [2.45, 2.75) is 69.5 Å². The van der Waals surface area contributed by atoms with Gasteiger partial charge >= 0.3 is 0 Å². The number of unbranched alkanes of at least 4 members (excludes halogenated alkanes) is 5. The molecule has 0 aromatic rings. The molecule has 0 amide bonds. The van der Waals surface area contributed by atoms with Gasteiger partial charge in [0.2, 0.25) is 0 Å². The fourth-order valence-electron chi connectivity index (χ4n) is 1.62. The number of halogens is 2. The minimum Gasteiger partial charge on any atom is -0.0928 e. The van der Waals surface area contributed by atoms with Gasteiger partial charge in [-0.2, -0.15) is 0 Å². The summed E-state index contributed by atoms with van der Waals surface area (Å²) >= 11 is 7.19. The maximum atomic E-state index is 3.73. The molecule has 0 fully saturated rings. The van der Waals surface area contributed by atoms with Gasteiger partial charge in [-0.3, -0.25) is 0 Å². The third-order valence-electron chi connectivity index (χ3n) is 2.50. The average Bonchev–Trinajstić information content (AvgIpc) is 2.17. The van der Waals surface area contributed by atoms with Crippen LogP contribution >= 0.6 is 31.9 Å². The van der Waals surface area contributed by atoms with Crippen LogP contribution in [0.2, 0.25) is 0 Å². The SMILES string of the molecule is CCCC(Br)CCCCCCCCBr. The first-order valence-electron chi connectivity index (χ1n) is 6.01. The van der Waals surface area contributed by atoms with E-state index in [9.17, 15) is 0 Å². The fraction of sp³-hybridized carbons (Fsp3) is 1.00. The van der Waals surface area contributed by atoms with Gasteiger partial charge in [0.15, 0.2) is 0 Å². The molecule has 14 heavy (non-hydrogen) atoms. The lowest BCUT2D eigenvalue weighted by Gasteiger charge is -2.07. The van der Waals surface area contributed by atoms with Crippen molar-refractivity contribution in [3.8, 4) is 0 Å². The van der Waals surface area contributed by atoms with E-state index in [1.165, 1.54) is 63.1 Å². The number of hydrogen-bond acceptors (Lipinski definition) is 0. The molecule has 86 valence electrons. The van der Waals surface area contributed by atoms with Gasteiger partial charge < -0.3 is 0 Å². The van der Waals surface area contributed by atoms with Crippen LogP contribution in [0, 0.1) is 0 Å². The molecule has 0 saturated heterocycles. The van der Waals surface area contributed by atoms with E-state index in [0.29, 0.717) is 0 Å². The van der Waals surface area contributed by atoms with E-state index in [0.717, 1.165) is 4.83 Å². The van der Waals surface area contributed by atoms with Crippen LogP contribution in [0.1, 0.15) is 64.7 Å². The van der Waals surface area contributed by atoms with Gasteiger partial charge in [0.05, 0.1) is 0 Å². The molecule has 1 atom stereocenters. The van der Waals surface area contributed by atoms with Crippen molar-refractivity contribution in [1.29, 1.82) is 0 Å². The first-order valence-corrected chi connectivity index (χ1v) is 8.05.